The van der Waals surface area contributed by atoms with Crippen LogP contribution in [0.3, 0.4) is 0 Å². The minimum atomic E-state index is 0.368. The minimum Gasteiger partial charge on any atom is -0.411 e. The summed E-state index contributed by atoms with van der Waals surface area (Å²) in [6.45, 7) is 8.32. The summed E-state index contributed by atoms with van der Waals surface area (Å²) in [4.78, 5) is 0. The zero-order valence-electron chi connectivity index (χ0n) is 7.26. The second-order valence-corrected chi connectivity index (χ2v) is 3.34. The number of hydrogen-bond acceptors (Lipinski definition) is 2. The van der Waals surface area contributed by atoms with Gasteiger partial charge in [-0.05, 0) is 18.3 Å². The van der Waals surface area contributed by atoms with Gasteiger partial charge in [0.2, 0.25) is 0 Å². The monoisotopic (exact) mass is 143 g/mol. The number of oxime groups is 1. The summed E-state index contributed by atoms with van der Waals surface area (Å²) >= 11 is 0. The van der Waals surface area contributed by atoms with Crippen LogP contribution >= 0.6 is 0 Å². The summed E-state index contributed by atoms with van der Waals surface area (Å²) in [5.74, 6) is 0.945. The molecule has 0 aromatic rings. The maximum Gasteiger partial charge on any atom is 0.0598 e. The van der Waals surface area contributed by atoms with Gasteiger partial charge < -0.3 is 5.21 Å². The van der Waals surface area contributed by atoms with Crippen LogP contribution < -0.4 is 0 Å². The van der Waals surface area contributed by atoms with Gasteiger partial charge in [0.1, 0.15) is 0 Å². The number of hydrogen-bond donors (Lipinski definition) is 1. The van der Waals surface area contributed by atoms with E-state index in [4.69, 9.17) is 5.21 Å². The van der Waals surface area contributed by atoms with E-state index in [9.17, 15) is 0 Å². The molecule has 10 heavy (non-hydrogen) atoms. The molecule has 0 aromatic carbocycles. The third-order valence-electron chi connectivity index (χ3n) is 1.41. The van der Waals surface area contributed by atoms with Crippen molar-refractivity contribution in [3.05, 3.63) is 0 Å². The lowest BCUT2D eigenvalue weighted by atomic mass is 9.98. The van der Waals surface area contributed by atoms with Gasteiger partial charge in [-0.25, -0.2) is 0 Å². The van der Waals surface area contributed by atoms with Crippen molar-refractivity contribution in [1.29, 1.82) is 0 Å². The molecule has 0 atom stereocenters. The Bertz CT molecular complexity index is 116. The Balaban J connectivity index is 3.86. The molecule has 60 valence electrons. The Morgan fingerprint density at radius 2 is 1.80 bits per heavy atom. The first-order chi connectivity index (χ1) is 4.57. The van der Waals surface area contributed by atoms with Crippen LogP contribution in [0.4, 0.5) is 0 Å². The van der Waals surface area contributed by atoms with E-state index in [-0.39, 0.29) is 0 Å². The van der Waals surface area contributed by atoms with E-state index >= 15 is 0 Å². The molecular weight excluding hydrogens is 126 g/mol. The molecule has 1 N–H and O–H groups in total. The summed E-state index contributed by atoms with van der Waals surface area (Å²) in [5.41, 5.74) is 0.898. The third kappa shape index (κ3) is 3.49. The van der Waals surface area contributed by atoms with Gasteiger partial charge >= 0.3 is 0 Å². The average Bonchev–Trinajstić information content (AvgIpc) is 1.81. The maximum atomic E-state index is 8.53. The van der Waals surface area contributed by atoms with Crippen LogP contribution in [0.15, 0.2) is 5.16 Å². The molecule has 0 aliphatic heterocycles. The van der Waals surface area contributed by atoms with E-state index in [0.717, 1.165) is 12.1 Å². The SMILES string of the molecule is CC(C)CC(=NO)C(C)C. The first-order valence-corrected chi connectivity index (χ1v) is 3.78. The van der Waals surface area contributed by atoms with Gasteiger partial charge in [-0.15, -0.1) is 0 Å². The molecule has 0 saturated heterocycles. The molecule has 0 heterocycles. The van der Waals surface area contributed by atoms with Gasteiger partial charge in [-0.2, -0.15) is 0 Å². The Morgan fingerprint density at radius 1 is 1.30 bits per heavy atom. The van der Waals surface area contributed by atoms with Crippen molar-refractivity contribution >= 4 is 5.71 Å². The van der Waals surface area contributed by atoms with Crippen molar-refractivity contribution in [3.63, 3.8) is 0 Å². The fourth-order valence-corrected chi connectivity index (χ4v) is 0.810. The number of nitrogens with zero attached hydrogens (tertiary/aromatic N) is 1. The second kappa shape index (κ2) is 4.31. The van der Waals surface area contributed by atoms with Crippen molar-refractivity contribution < 1.29 is 5.21 Å². The van der Waals surface area contributed by atoms with Crippen LogP contribution in [0.2, 0.25) is 0 Å². The van der Waals surface area contributed by atoms with Crippen molar-refractivity contribution in [2.45, 2.75) is 34.1 Å². The van der Waals surface area contributed by atoms with E-state index in [2.05, 4.69) is 19.0 Å². The first-order valence-electron chi connectivity index (χ1n) is 3.78. The smallest absolute Gasteiger partial charge is 0.0598 e. The predicted octanol–water partition coefficient (Wildman–Crippen LogP) is 2.52. The quantitative estimate of drug-likeness (QED) is 0.367. The molecule has 0 fully saturated rings. The first kappa shape index (κ1) is 9.47. The summed E-state index contributed by atoms with van der Waals surface area (Å²) in [5, 5.41) is 11.8. The van der Waals surface area contributed by atoms with Crippen LogP contribution in [0, 0.1) is 11.8 Å². The van der Waals surface area contributed by atoms with E-state index in [1.54, 1.807) is 0 Å². The molecule has 0 rings (SSSR count). The zero-order valence-corrected chi connectivity index (χ0v) is 7.26. The van der Waals surface area contributed by atoms with Crippen LogP contribution in [0.25, 0.3) is 0 Å². The minimum absolute atomic E-state index is 0.368. The number of rotatable bonds is 3. The lowest BCUT2D eigenvalue weighted by Crippen LogP contribution is -2.10. The molecule has 0 bridgehead atoms. The molecule has 0 radical (unpaired) electrons. The average molecular weight is 143 g/mol. The molecule has 0 aliphatic carbocycles. The molecule has 0 aliphatic rings. The molecule has 2 nitrogen and oxygen atoms in total. The summed E-state index contributed by atoms with van der Waals surface area (Å²) < 4.78 is 0. The standard InChI is InChI=1S/C8H17NO/c1-6(2)5-8(9-10)7(3)4/h6-7,10H,5H2,1-4H3. The highest BCUT2D eigenvalue weighted by Gasteiger charge is 2.07. The molecule has 0 saturated carbocycles. The Hall–Kier alpha value is -0.530. The van der Waals surface area contributed by atoms with Gasteiger partial charge in [0.25, 0.3) is 0 Å². The molecule has 0 aromatic heterocycles. The van der Waals surface area contributed by atoms with Crippen LogP contribution in [0.5, 0.6) is 0 Å². The molecule has 0 spiro atoms. The van der Waals surface area contributed by atoms with Crippen molar-refractivity contribution in [1.82, 2.24) is 0 Å². The van der Waals surface area contributed by atoms with Gasteiger partial charge in [-0.3, -0.25) is 0 Å². The largest absolute Gasteiger partial charge is 0.411 e. The van der Waals surface area contributed by atoms with Gasteiger partial charge in [-0.1, -0.05) is 32.9 Å². The van der Waals surface area contributed by atoms with E-state index < -0.39 is 0 Å². The lowest BCUT2D eigenvalue weighted by Gasteiger charge is -2.09. The summed E-state index contributed by atoms with van der Waals surface area (Å²) in [6.07, 6.45) is 0.897. The van der Waals surface area contributed by atoms with E-state index in [1.165, 1.54) is 0 Å². The molecular formula is C8H17NO. The van der Waals surface area contributed by atoms with Crippen LogP contribution in [-0.2, 0) is 0 Å². The van der Waals surface area contributed by atoms with Crippen molar-refractivity contribution in [2.75, 3.05) is 0 Å². The van der Waals surface area contributed by atoms with Crippen LogP contribution in [-0.4, -0.2) is 10.9 Å². The third-order valence-corrected chi connectivity index (χ3v) is 1.41. The summed E-state index contributed by atoms with van der Waals surface area (Å²) in [6, 6.07) is 0. The fourth-order valence-electron chi connectivity index (χ4n) is 0.810. The van der Waals surface area contributed by atoms with Crippen LogP contribution in [0.1, 0.15) is 34.1 Å². The maximum absolute atomic E-state index is 8.53. The normalized spacial score (nSPS) is 13.2. The molecule has 2 heteroatoms. The highest BCUT2D eigenvalue weighted by atomic mass is 16.4. The van der Waals surface area contributed by atoms with E-state index in [1.807, 2.05) is 13.8 Å². The van der Waals surface area contributed by atoms with Gasteiger partial charge in [0, 0.05) is 0 Å². The fraction of sp³-hybridized carbons (Fsp3) is 0.875. The van der Waals surface area contributed by atoms with Gasteiger partial charge in [0.05, 0.1) is 5.71 Å². The second-order valence-electron chi connectivity index (χ2n) is 3.34. The Labute approximate surface area is 62.9 Å². The van der Waals surface area contributed by atoms with Crippen molar-refractivity contribution in [3.8, 4) is 0 Å². The topological polar surface area (TPSA) is 32.6 Å². The lowest BCUT2D eigenvalue weighted by molar-refractivity contribution is 0.313. The predicted molar refractivity (Wildman–Crippen MR) is 43.5 cm³/mol. The highest BCUT2D eigenvalue weighted by Crippen LogP contribution is 2.08. The molecule has 0 amide bonds. The highest BCUT2D eigenvalue weighted by molar-refractivity contribution is 5.85. The Morgan fingerprint density at radius 3 is 1.90 bits per heavy atom. The van der Waals surface area contributed by atoms with Crippen molar-refractivity contribution in [2.24, 2.45) is 17.0 Å². The molecule has 0 unspecified atom stereocenters. The van der Waals surface area contributed by atoms with Gasteiger partial charge in [0.15, 0.2) is 0 Å². The van der Waals surface area contributed by atoms with E-state index in [0.29, 0.717) is 11.8 Å². The summed E-state index contributed by atoms with van der Waals surface area (Å²) in [7, 11) is 0. The zero-order chi connectivity index (χ0) is 8.15. The Kier molecular flexibility index (Phi) is 4.08.